The fraction of sp³-hybridized carbons (Fsp3) is 0.269. The number of carbonyl (C=O) groups is 2. The van der Waals surface area contributed by atoms with Gasteiger partial charge >= 0.3 is 0 Å². The minimum absolute atomic E-state index is 0.144. The number of hydrogen-bond acceptors (Lipinski definition) is 6. The fourth-order valence-electron chi connectivity index (χ4n) is 4.31. The van der Waals surface area contributed by atoms with E-state index in [1.807, 2.05) is 47.8 Å². The van der Waals surface area contributed by atoms with E-state index in [0.29, 0.717) is 17.0 Å². The second kappa shape index (κ2) is 9.19. The van der Waals surface area contributed by atoms with Gasteiger partial charge in [0.15, 0.2) is 0 Å². The molecule has 0 atom stereocenters. The molecule has 0 spiro atoms. The fourth-order valence-corrected chi connectivity index (χ4v) is 5.07. The Morgan fingerprint density at radius 2 is 1.79 bits per heavy atom. The lowest BCUT2D eigenvalue weighted by atomic mass is 9.99. The first kappa shape index (κ1) is 21.4. The van der Waals surface area contributed by atoms with Crippen molar-refractivity contribution in [3.05, 3.63) is 82.4 Å². The van der Waals surface area contributed by atoms with Gasteiger partial charge in [0.25, 0.3) is 11.8 Å². The van der Waals surface area contributed by atoms with Crippen molar-refractivity contribution in [1.82, 2.24) is 9.88 Å². The Labute approximate surface area is 197 Å². The van der Waals surface area contributed by atoms with Crippen LogP contribution in [0.1, 0.15) is 30.3 Å². The summed E-state index contributed by atoms with van der Waals surface area (Å²) in [6, 6.07) is 17.4. The molecule has 168 valence electrons. The molecule has 2 aliphatic heterocycles. The summed E-state index contributed by atoms with van der Waals surface area (Å²) in [5.41, 5.74) is 3.38. The number of carbonyl (C=O) groups excluding carboxylic acids is 2. The Balaban J connectivity index is 1.39. The molecule has 33 heavy (non-hydrogen) atoms. The second-order valence-electron chi connectivity index (χ2n) is 8.59. The molecule has 2 aliphatic rings. The Bertz CT molecular complexity index is 1160. The molecule has 1 saturated heterocycles. The van der Waals surface area contributed by atoms with Gasteiger partial charge in [-0.3, -0.25) is 19.5 Å². The van der Waals surface area contributed by atoms with Crippen LogP contribution >= 0.6 is 11.3 Å². The third kappa shape index (κ3) is 4.41. The summed E-state index contributed by atoms with van der Waals surface area (Å²) < 4.78 is 0. The second-order valence-corrected chi connectivity index (χ2v) is 9.53. The van der Waals surface area contributed by atoms with Gasteiger partial charge < -0.3 is 10.2 Å². The van der Waals surface area contributed by atoms with E-state index >= 15 is 0 Å². The molecule has 1 N–H and O–H groups in total. The summed E-state index contributed by atoms with van der Waals surface area (Å²) in [7, 11) is 0. The Morgan fingerprint density at radius 3 is 2.45 bits per heavy atom. The first-order chi connectivity index (χ1) is 16.1. The highest BCUT2D eigenvalue weighted by Gasteiger charge is 2.39. The van der Waals surface area contributed by atoms with E-state index in [9.17, 15) is 9.59 Å². The minimum Gasteiger partial charge on any atom is -0.372 e. The largest absolute Gasteiger partial charge is 0.372 e. The predicted molar refractivity (Wildman–Crippen MR) is 132 cm³/mol. The Morgan fingerprint density at radius 1 is 1.00 bits per heavy atom. The molecular weight excluding hydrogens is 432 g/mol. The molecule has 7 heteroatoms. The molecule has 1 fully saturated rings. The molecule has 0 radical (unpaired) electrons. The molecule has 5 rings (SSSR count). The number of anilines is 2. The van der Waals surface area contributed by atoms with Crippen molar-refractivity contribution in [2.45, 2.75) is 26.3 Å². The maximum atomic E-state index is 13.3. The number of pyridine rings is 1. The minimum atomic E-state index is -0.330. The van der Waals surface area contributed by atoms with Crippen molar-refractivity contribution >= 4 is 40.1 Å². The lowest BCUT2D eigenvalue weighted by Gasteiger charge is -2.32. The van der Waals surface area contributed by atoms with Crippen LogP contribution in [0.4, 0.5) is 11.4 Å². The van der Waals surface area contributed by atoms with E-state index in [4.69, 9.17) is 0 Å². The third-order valence-electron chi connectivity index (χ3n) is 6.27. The number of imide groups is 1. The summed E-state index contributed by atoms with van der Waals surface area (Å²) in [5, 5.41) is 5.16. The van der Waals surface area contributed by atoms with E-state index in [0.717, 1.165) is 29.6 Å². The molecule has 0 aliphatic carbocycles. The van der Waals surface area contributed by atoms with Gasteiger partial charge in [0.05, 0.1) is 17.8 Å². The number of amides is 2. The van der Waals surface area contributed by atoms with E-state index < -0.39 is 0 Å². The number of piperidine rings is 1. The molecule has 0 unspecified atom stereocenters. The normalized spacial score (nSPS) is 17.2. The maximum absolute atomic E-state index is 13.3. The van der Waals surface area contributed by atoms with Crippen LogP contribution in [0, 0.1) is 5.92 Å². The first-order valence-corrected chi connectivity index (χ1v) is 12.1. The Hall–Kier alpha value is -3.45. The van der Waals surface area contributed by atoms with Crippen LogP contribution in [0.3, 0.4) is 0 Å². The first-order valence-electron chi connectivity index (χ1n) is 11.3. The van der Waals surface area contributed by atoms with Crippen molar-refractivity contribution in [3.8, 4) is 0 Å². The molecule has 2 amide bonds. The average molecular weight is 459 g/mol. The van der Waals surface area contributed by atoms with E-state index in [-0.39, 0.29) is 18.4 Å². The summed E-state index contributed by atoms with van der Waals surface area (Å²) in [4.78, 5) is 35.3. The molecule has 2 aromatic heterocycles. The maximum Gasteiger partial charge on any atom is 0.278 e. The topological polar surface area (TPSA) is 65.5 Å². The molecule has 6 nitrogen and oxygen atoms in total. The molecule has 0 saturated carbocycles. The van der Waals surface area contributed by atoms with Crippen molar-refractivity contribution < 1.29 is 9.59 Å². The van der Waals surface area contributed by atoms with Gasteiger partial charge in [-0.2, -0.15) is 0 Å². The van der Waals surface area contributed by atoms with Gasteiger partial charge in [-0.05, 0) is 66.6 Å². The van der Waals surface area contributed by atoms with Crippen LogP contribution in [0.5, 0.6) is 0 Å². The van der Waals surface area contributed by atoms with Crippen molar-refractivity contribution in [2.24, 2.45) is 5.92 Å². The zero-order valence-electron chi connectivity index (χ0n) is 18.5. The summed E-state index contributed by atoms with van der Waals surface area (Å²) in [5.74, 6) is 0.155. The number of nitrogens with one attached hydrogen (secondary N) is 1. The van der Waals surface area contributed by atoms with Crippen LogP contribution < -0.4 is 10.2 Å². The summed E-state index contributed by atoms with van der Waals surface area (Å²) in [6.45, 7) is 4.58. The zero-order valence-corrected chi connectivity index (χ0v) is 19.3. The van der Waals surface area contributed by atoms with Gasteiger partial charge in [0.2, 0.25) is 0 Å². The smallest absolute Gasteiger partial charge is 0.278 e. The number of aromatic nitrogens is 1. The monoisotopic (exact) mass is 458 g/mol. The molecular formula is C26H26N4O2S. The van der Waals surface area contributed by atoms with Gasteiger partial charge in [-0.1, -0.05) is 19.1 Å². The van der Waals surface area contributed by atoms with Crippen LogP contribution in [-0.2, 0) is 16.1 Å². The molecule has 1 aromatic carbocycles. The predicted octanol–water partition coefficient (Wildman–Crippen LogP) is 4.77. The van der Waals surface area contributed by atoms with Crippen LogP contribution in [0.2, 0.25) is 0 Å². The van der Waals surface area contributed by atoms with Crippen molar-refractivity contribution in [3.63, 3.8) is 0 Å². The van der Waals surface area contributed by atoms with E-state index in [2.05, 4.69) is 34.3 Å². The number of benzene rings is 1. The highest BCUT2D eigenvalue weighted by molar-refractivity contribution is 7.11. The summed E-state index contributed by atoms with van der Waals surface area (Å²) >= 11 is 1.45. The standard InChI is InChI=1S/C26H26N4O2S/c1-18-11-14-29(15-12-18)21-9-7-19(8-10-21)28-24-23(22-6-4-16-33-22)25(31)30(26(24)32)17-20-5-2-3-13-27-20/h2-10,13,16,18,28H,11-12,14-15,17H2,1H3. The number of nitrogens with zero attached hydrogens (tertiary/aromatic N) is 3. The highest BCUT2D eigenvalue weighted by atomic mass is 32.1. The SMILES string of the molecule is CC1CCN(c2ccc(NC3=C(c4cccs4)C(=O)N(Cc4ccccn4)C3=O)cc2)CC1. The molecule has 0 bridgehead atoms. The lowest BCUT2D eigenvalue weighted by Crippen LogP contribution is -2.32. The number of hydrogen-bond donors (Lipinski definition) is 1. The van der Waals surface area contributed by atoms with Crippen molar-refractivity contribution in [1.29, 1.82) is 0 Å². The van der Waals surface area contributed by atoms with Crippen molar-refractivity contribution in [2.75, 3.05) is 23.3 Å². The van der Waals surface area contributed by atoms with Crippen LogP contribution in [0.15, 0.2) is 71.9 Å². The van der Waals surface area contributed by atoms with Crippen LogP contribution in [-0.4, -0.2) is 34.8 Å². The molecule has 4 heterocycles. The van der Waals surface area contributed by atoms with E-state index in [1.165, 1.54) is 34.8 Å². The Kier molecular flexibility index (Phi) is 5.96. The average Bonchev–Trinajstić information content (AvgIpc) is 3.44. The third-order valence-corrected chi connectivity index (χ3v) is 7.15. The summed E-state index contributed by atoms with van der Waals surface area (Å²) in [6.07, 6.45) is 4.08. The van der Waals surface area contributed by atoms with Gasteiger partial charge in [-0.25, -0.2) is 0 Å². The van der Waals surface area contributed by atoms with E-state index in [1.54, 1.807) is 6.20 Å². The zero-order chi connectivity index (χ0) is 22.8. The van der Waals surface area contributed by atoms with Gasteiger partial charge in [0, 0.05) is 35.5 Å². The van der Waals surface area contributed by atoms with Crippen LogP contribution in [0.25, 0.3) is 5.57 Å². The highest BCUT2D eigenvalue weighted by Crippen LogP contribution is 2.34. The van der Waals surface area contributed by atoms with Gasteiger partial charge in [0.1, 0.15) is 5.70 Å². The van der Waals surface area contributed by atoms with Gasteiger partial charge in [-0.15, -0.1) is 11.3 Å². The lowest BCUT2D eigenvalue weighted by molar-refractivity contribution is -0.137. The number of thiophene rings is 1. The molecule has 3 aromatic rings. The number of rotatable bonds is 6. The quantitative estimate of drug-likeness (QED) is 0.539.